The van der Waals surface area contributed by atoms with Crippen molar-refractivity contribution in [3.63, 3.8) is 0 Å². The van der Waals surface area contributed by atoms with Crippen molar-refractivity contribution in [3.05, 3.63) is 47.2 Å². The minimum Gasteiger partial charge on any atom is -0.381 e. The van der Waals surface area contributed by atoms with E-state index in [1.165, 1.54) is 0 Å². The summed E-state index contributed by atoms with van der Waals surface area (Å²) in [6.07, 6.45) is 0. The molecule has 0 saturated carbocycles. The zero-order chi connectivity index (χ0) is 17.5. The molecule has 0 saturated heterocycles. The van der Waals surface area contributed by atoms with E-state index in [1.54, 1.807) is 18.7 Å². The number of allylic oxidation sites excluding steroid dienone is 2. The number of thioether (sulfide) groups is 1. The number of carbonyl (C=O) groups excluding carboxylic acids is 1. The quantitative estimate of drug-likeness (QED) is 0.734. The van der Waals surface area contributed by atoms with Gasteiger partial charge in [-0.1, -0.05) is 30.3 Å². The van der Waals surface area contributed by atoms with Gasteiger partial charge in [0, 0.05) is 29.5 Å². The molecule has 0 amide bonds. The van der Waals surface area contributed by atoms with Crippen LogP contribution in [0.2, 0.25) is 0 Å². The van der Waals surface area contributed by atoms with Crippen molar-refractivity contribution in [1.82, 2.24) is 0 Å². The lowest BCUT2D eigenvalue weighted by atomic mass is 9.78. The minimum atomic E-state index is -0.443. The average molecular weight is 342 g/mol. The van der Waals surface area contributed by atoms with E-state index in [4.69, 9.17) is 4.74 Å². The second-order valence-corrected chi connectivity index (χ2v) is 6.66. The van der Waals surface area contributed by atoms with Gasteiger partial charge in [-0.05, 0) is 26.3 Å². The number of nitriles is 1. The first kappa shape index (κ1) is 18.4. The van der Waals surface area contributed by atoms with Gasteiger partial charge in [0.05, 0.1) is 17.7 Å². The smallest absolute Gasteiger partial charge is 0.158 e. The lowest BCUT2D eigenvalue weighted by Gasteiger charge is -2.29. The van der Waals surface area contributed by atoms with Crippen molar-refractivity contribution < 1.29 is 9.53 Å². The van der Waals surface area contributed by atoms with Crippen molar-refractivity contribution in [2.75, 3.05) is 19.0 Å². The van der Waals surface area contributed by atoms with Crippen molar-refractivity contribution in [2.24, 2.45) is 10.9 Å². The van der Waals surface area contributed by atoms with Gasteiger partial charge in [0.2, 0.25) is 0 Å². The van der Waals surface area contributed by atoms with Gasteiger partial charge in [-0.25, -0.2) is 4.99 Å². The zero-order valence-corrected chi connectivity index (χ0v) is 15.1. The van der Waals surface area contributed by atoms with Gasteiger partial charge in [0.15, 0.2) is 5.78 Å². The van der Waals surface area contributed by atoms with Crippen molar-refractivity contribution in [2.45, 2.75) is 26.7 Å². The number of carbonyl (C=O) groups is 1. The molecule has 0 bridgehead atoms. The molecular formula is C19H22N2O2S. The van der Waals surface area contributed by atoms with Crippen molar-refractivity contribution in [3.8, 4) is 6.07 Å². The fourth-order valence-corrected chi connectivity index (χ4v) is 3.90. The number of benzene rings is 1. The zero-order valence-electron chi connectivity index (χ0n) is 14.3. The van der Waals surface area contributed by atoms with Crippen LogP contribution in [0.1, 0.15) is 32.3 Å². The third kappa shape index (κ3) is 4.14. The molecule has 0 fully saturated rings. The van der Waals surface area contributed by atoms with Crippen LogP contribution >= 0.6 is 11.8 Å². The number of hydrogen-bond acceptors (Lipinski definition) is 5. The maximum atomic E-state index is 12.2. The number of hydrogen-bond donors (Lipinski definition) is 0. The third-order valence-electron chi connectivity index (χ3n) is 3.94. The highest BCUT2D eigenvalue weighted by Crippen LogP contribution is 2.41. The Bertz CT molecular complexity index is 689. The Morgan fingerprint density at radius 2 is 2.08 bits per heavy atom. The lowest BCUT2D eigenvalue weighted by molar-refractivity contribution is -0.114. The highest BCUT2D eigenvalue weighted by molar-refractivity contribution is 8.14. The maximum Gasteiger partial charge on any atom is 0.158 e. The summed E-state index contributed by atoms with van der Waals surface area (Å²) >= 11 is 1.54. The number of Topliss-reactive ketones (excluding diaryl/α,β-unsaturated/α-hetero) is 1. The maximum absolute atomic E-state index is 12.2. The SMILES string of the molecule is CCOCCSC1=NC(C)=C(C(C)=O)[C@H](c2ccccc2)C1C#N. The Kier molecular flexibility index (Phi) is 6.77. The molecule has 24 heavy (non-hydrogen) atoms. The van der Waals surface area contributed by atoms with Crippen LogP contribution in [0.25, 0.3) is 0 Å². The van der Waals surface area contributed by atoms with Crippen molar-refractivity contribution >= 4 is 22.6 Å². The van der Waals surface area contributed by atoms with E-state index < -0.39 is 5.92 Å². The predicted molar refractivity (Wildman–Crippen MR) is 98.1 cm³/mol. The second-order valence-electron chi connectivity index (χ2n) is 5.55. The number of ether oxygens (including phenoxy) is 1. The molecule has 2 rings (SSSR count). The van der Waals surface area contributed by atoms with Crippen LogP contribution in [0.5, 0.6) is 0 Å². The van der Waals surface area contributed by atoms with Gasteiger partial charge in [-0.3, -0.25) is 4.79 Å². The summed E-state index contributed by atoms with van der Waals surface area (Å²) in [7, 11) is 0. The molecule has 0 spiro atoms. The molecule has 1 unspecified atom stereocenters. The van der Waals surface area contributed by atoms with Crippen molar-refractivity contribution in [1.29, 1.82) is 5.26 Å². The Balaban J connectivity index is 2.39. The van der Waals surface area contributed by atoms with Crippen LogP contribution in [0.4, 0.5) is 0 Å². The molecule has 1 aromatic rings. The first-order valence-corrected chi connectivity index (χ1v) is 9.04. The molecule has 2 atom stereocenters. The van der Waals surface area contributed by atoms with Gasteiger partial charge < -0.3 is 4.74 Å². The summed E-state index contributed by atoms with van der Waals surface area (Å²) in [6, 6.07) is 12.1. The molecular weight excluding hydrogens is 320 g/mol. The number of aliphatic imine (C=N–C) groups is 1. The molecule has 1 heterocycles. The molecule has 0 radical (unpaired) electrons. The van der Waals surface area contributed by atoms with Crippen LogP contribution in [0, 0.1) is 17.2 Å². The highest BCUT2D eigenvalue weighted by atomic mass is 32.2. The molecule has 1 aliphatic heterocycles. The first-order valence-electron chi connectivity index (χ1n) is 8.05. The fourth-order valence-electron chi connectivity index (χ4n) is 2.92. The summed E-state index contributed by atoms with van der Waals surface area (Å²) in [6.45, 7) is 6.65. The number of rotatable bonds is 6. The summed E-state index contributed by atoms with van der Waals surface area (Å²) < 4.78 is 5.37. The van der Waals surface area contributed by atoms with E-state index >= 15 is 0 Å². The van der Waals surface area contributed by atoms with E-state index in [0.717, 1.165) is 16.4 Å². The Morgan fingerprint density at radius 3 is 2.67 bits per heavy atom. The molecule has 0 aromatic heterocycles. The van der Waals surface area contributed by atoms with Crippen LogP contribution in [-0.4, -0.2) is 29.8 Å². The topological polar surface area (TPSA) is 62.4 Å². The molecule has 1 aliphatic rings. The minimum absolute atomic E-state index is 0.0243. The van der Waals surface area contributed by atoms with Gasteiger partial charge in [-0.2, -0.15) is 5.26 Å². The molecule has 126 valence electrons. The van der Waals surface area contributed by atoms with Gasteiger partial charge in [-0.15, -0.1) is 11.8 Å². The van der Waals surface area contributed by atoms with Gasteiger partial charge in [0.1, 0.15) is 5.92 Å². The Morgan fingerprint density at radius 1 is 1.38 bits per heavy atom. The van der Waals surface area contributed by atoms with Crippen LogP contribution in [0.3, 0.4) is 0 Å². The van der Waals surface area contributed by atoms with E-state index in [-0.39, 0.29) is 11.7 Å². The summed E-state index contributed by atoms with van der Waals surface area (Å²) in [5.41, 5.74) is 2.33. The third-order valence-corrected chi connectivity index (χ3v) is 4.95. The molecule has 0 aliphatic carbocycles. The largest absolute Gasteiger partial charge is 0.381 e. The number of ketones is 1. The summed E-state index contributed by atoms with van der Waals surface area (Å²) in [5, 5.41) is 10.5. The predicted octanol–water partition coefficient (Wildman–Crippen LogP) is 3.95. The average Bonchev–Trinajstić information content (AvgIpc) is 2.58. The van der Waals surface area contributed by atoms with Crippen LogP contribution in [0.15, 0.2) is 46.6 Å². The van der Waals surface area contributed by atoms with Crippen LogP contribution in [-0.2, 0) is 9.53 Å². The second kappa shape index (κ2) is 8.81. The Labute approximate surface area is 147 Å². The first-order chi connectivity index (χ1) is 11.6. The molecule has 4 nitrogen and oxygen atoms in total. The highest BCUT2D eigenvalue weighted by Gasteiger charge is 2.37. The monoisotopic (exact) mass is 342 g/mol. The van der Waals surface area contributed by atoms with E-state index in [0.29, 0.717) is 24.5 Å². The molecule has 0 N–H and O–H groups in total. The fraction of sp³-hybridized carbons (Fsp3) is 0.421. The normalized spacial score (nSPS) is 20.5. The Hall–Kier alpha value is -1.90. The van der Waals surface area contributed by atoms with E-state index in [2.05, 4.69) is 11.1 Å². The standard InChI is InChI=1S/C19H22N2O2S/c1-4-23-10-11-24-19-16(12-20)18(15-8-6-5-7-9-15)17(14(3)22)13(2)21-19/h5-9,16,18H,4,10-11H2,1-3H3/t16?,18-/m1/s1. The van der Waals surface area contributed by atoms with E-state index in [1.807, 2.05) is 44.2 Å². The number of nitrogens with zero attached hydrogens (tertiary/aromatic N) is 2. The molecule has 5 heteroatoms. The molecule has 1 aromatic carbocycles. The van der Waals surface area contributed by atoms with E-state index in [9.17, 15) is 10.1 Å². The van der Waals surface area contributed by atoms with Crippen LogP contribution < -0.4 is 0 Å². The summed E-state index contributed by atoms with van der Waals surface area (Å²) in [5.74, 6) is 0.0147. The van der Waals surface area contributed by atoms with Gasteiger partial charge in [0.25, 0.3) is 0 Å². The lowest BCUT2D eigenvalue weighted by Crippen LogP contribution is -2.28. The van der Waals surface area contributed by atoms with Gasteiger partial charge >= 0.3 is 0 Å². The summed E-state index contributed by atoms with van der Waals surface area (Å²) in [4.78, 5) is 16.8.